The van der Waals surface area contributed by atoms with Crippen LogP contribution in [-0.4, -0.2) is 96.7 Å². The number of aliphatic hydroxyl groups excluding tert-OH is 1. The summed E-state index contributed by atoms with van der Waals surface area (Å²) in [6, 6.07) is 0. The lowest BCUT2D eigenvalue weighted by molar-refractivity contribution is -0.161. The van der Waals surface area contributed by atoms with Gasteiger partial charge in [-0.1, -0.05) is 350 Å². The molecule has 0 aliphatic rings. The molecule has 0 aromatic heterocycles. The third-order valence-electron chi connectivity index (χ3n) is 18.5. The number of phosphoric ester groups is 2. The Bertz CT molecular complexity index is 1890. The lowest BCUT2D eigenvalue weighted by atomic mass is 10.00. The first-order valence-electron chi connectivity index (χ1n) is 40.4. The van der Waals surface area contributed by atoms with Gasteiger partial charge in [0.1, 0.15) is 19.3 Å². The van der Waals surface area contributed by atoms with Crippen molar-refractivity contribution in [3.63, 3.8) is 0 Å². The number of hydrogen-bond donors (Lipinski definition) is 3. The van der Waals surface area contributed by atoms with Crippen LogP contribution in [0, 0.1) is 17.8 Å². The average Bonchev–Trinajstić information content (AvgIpc) is 1.04. The van der Waals surface area contributed by atoms with Gasteiger partial charge in [0, 0.05) is 25.7 Å². The summed E-state index contributed by atoms with van der Waals surface area (Å²) < 4.78 is 68.6. The molecule has 0 amide bonds. The third kappa shape index (κ3) is 70.9. The van der Waals surface area contributed by atoms with Gasteiger partial charge in [0.2, 0.25) is 0 Å². The summed E-state index contributed by atoms with van der Waals surface area (Å²) >= 11 is 0. The predicted molar refractivity (Wildman–Crippen MR) is 395 cm³/mol. The molecule has 19 heteroatoms. The van der Waals surface area contributed by atoms with Crippen LogP contribution in [0.2, 0.25) is 0 Å². The van der Waals surface area contributed by atoms with Crippen molar-refractivity contribution in [2.75, 3.05) is 39.6 Å². The monoisotopic (exact) mass is 1420 g/mol. The Hall–Kier alpha value is -1.94. The molecule has 0 aliphatic carbocycles. The largest absolute Gasteiger partial charge is 0.472 e. The summed E-state index contributed by atoms with van der Waals surface area (Å²) in [6.07, 6.45) is 55.4. The highest BCUT2D eigenvalue weighted by molar-refractivity contribution is 7.47. The van der Waals surface area contributed by atoms with Crippen molar-refractivity contribution < 1.29 is 80.2 Å². The molecule has 0 fully saturated rings. The Morgan fingerprint density at radius 3 is 0.784 bits per heavy atom. The summed E-state index contributed by atoms with van der Waals surface area (Å²) in [5.74, 6) is 0.193. The van der Waals surface area contributed by atoms with E-state index in [2.05, 4.69) is 48.5 Å². The van der Waals surface area contributed by atoms with E-state index in [1.54, 1.807) is 0 Å². The molecular weight excluding hydrogens is 1270 g/mol. The summed E-state index contributed by atoms with van der Waals surface area (Å²) in [7, 11) is -9.92. The Labute approximate surface area is 594 Å². The van der Waals surface area contributed by atoms with Gasteiger partial charge in [0.05, 0.1) is 26.4 Å². The Morgan fingerprint density at radius 2 is 0.526 bits per heavy atom. The van der Waals surface area contributed by atoms with E-state index in [0.717, 1.165) is 114 Å². The minimum absolute atomic E-state index is 0.107. The molecule has 0 aromatic carbocycles. The number of esters is 4. The van der Waals surface area contributed by atoms with E-state index >= 15 is 0 Å². The molecule has 3 N–H and O–H groups in total. The molecule has 97 heavy (non-hydrogen) atoms. The number of rotatable bonds is 76. The second kappa shape index (κ2) is 68.5. The van der Waals surface area contributed by atoms with E-state index in [1.807, 2.05) is 0 Å². The Balaban J connectivity index is 5.26. The highest BCUT2D eigenvalue weighted by Gasteiger charge is 2.30. The first-order chi connectivity index (χ1) is 46.8. The van der Waals surface area contributed by atoms with Crippen LogP contribution in [0.1, 0.15) is 402 Å². The van der Waals surface area contributed by atoms with Crippen molar-refractivity contribution in [1.82, 2.24) is 0 Å². The zero-order valence-electron chi connectivity index (χ0n) is 63.5. The fourth-order valence-electron chi connectivity index (χ4n) is 11.9. The minimum atomic E-state index is -4.96. The first kappa shape index (κ1) is 95.1. The summed E-state index contributed by atoms with van der Waals surface area (Å²) in [4.78, 5) is 72.9. The fraction of sp³-hybridized carbons (Fsp3) is 0.949. The quantitative estimate of drug-likeness (QED) is 0.0222. The molecule has 0 heterocycles. The van der Waals surface area contributed by atoms with Crippen molar-refractivity contribution in [3.05, 3.63) is 0 Å². The van der Waals surface area contributed by atoms with Crippen molar-refractivity contribution in [2.24, 2.45) is 17.8 Å². The van der Waals surface area contributed by atoms with Gasteiger partial charge in [-0.2, -0.15) is 0 Å². The smallest absolute Gasteiger partial charge is 0.462 e. The average molecular weight is 1420 g/mol. The number of unbranched alkanes of at least 4 members (excludes halogenated alkanes) is 43. The molecule has 576 valence electrons. The van der Waals surface area contributed by atoms with E-state index in [0.29, 0.717) is 25.7 Å². The van der Waals surface area contributed by atoms with Crippen molar-refractivity contribution >= 4 is 39.5 Å². The molecule has 0 spiro atoms. The number of phosphoric acid groups is 2. The minimum Gasteiger partial charge on any atom is -0.462 e. The maximum atomic E-state index is 13.1. The Morgan fingerprint density at radius 1 is 0.299 bits per heavy atom. The summed E-state index contributed by atoms with van der Waals surface area (Å²) in [5, 5.41) is 10.6. The van der Waals surface area contributed by atoms with Crippen LogP contribution in [-0.2, 0) is 65.4 Å². The van der Waals surface area contributed by atoms with Crippen LogP contribution >= 0.6 is 15.6 Å². The lowest BCUT2D eigenvalue weighted by Crippen LogP contribution is -2.30. The van der Waals surface area contributed by atoms with Gasteiger partial charge in [-0.25, -0.2) is 9.13 Å². The van der Waals surface area contributed by atoms with Gasteiger partial charge in [0.15, 0.2) is 12.2 Å². The van der Waals surface area contributed by atoms with Crippen LogP contribution in [0.15, 0.2) is 0 Å². The van der Waals surface area contributed by atoms with E-state index in [-0.39, 0.29) is 25.7 Å². The molecule has 0 radical (unpaired) electrons. The number of hydrogen-bond acceptors (Lipinski definition) is 15. The van der Waals surface area contributed by atoms with Crippen LogP contribution in [0.4, 0.5) is 0 Å². The zero-order valence-corrected chi connectivity index (χ0v) is 65.3. The van der Waals surface area contributed by atoms with Crippen molar-refractivity contribution in [1.29, 1.82) is 0 Å². The van der Waals surface area contributed by atoms with E-state index in [4.69, 9.17) is 37.0 Å². The summed E-state index contributed by atoms with van der Waals surface area (Å²) in [6.45, 7) is 11.9. The van der Waals surface area contributed by atoms with Gasteiger partial charge in [-0.3, -0.25) is 37.3 Å². The standard InChI is InChI=1S/C78H152O17P2/c1-8-10-11-12-13-14-15-16-17-21-28-33-38-47-54-62-78(83)95-74(66-89-76(81)60-53-46-41-40-44-51-58-71(7)9-2)68-93-97(86,87)91-64-72(79)63-90-96(84,85)92-67-73(65-88-75(80)59-52-45-37-32-27-24-23-26-31-36-43-50-57-70(5)6)94-77(82)61-55-48-39-34-29-22-19-18-20-25-30-35-42-49-56-69(3)4/h69-74,79H,8-68H2,1-7H3,(H,84,85)(H,86,87)/t71?,72-,73-,74-/m1/s1. The molecule has 0 aliphatic heterocycles. The number of ether oxygens (including phenoxy) is 4. The molecule has 3 unspecified atom stereocenters. The number of aliphatic hydroxyl groups is 1. The number of carbonyl (C=O) groups is 4. The zero-order chi connectivity index (χ0) is 71.6. The van der Waals surface area contributed by atoms with Crippen LogP contribution in [0.3, 0.4) is 0 Å². The SMILES string of the molecule is CCCCCCCCCCCCCCCCCC(=O)O[C@H](COC(=O)CCCCCCCCC(C)CC)COP(=O)(O)OC[C@H](O)COP(=O)(O)OC[C@@H](COC(=O)CCCCCCCCCCCCCCC(C)C)OC(=O)CCCCCCCCCCCCCCCCC(C)C. The summed E-state index contributed by atoms with van der Waals surface area (Å²) in [5.41, 5.74) is 0. The first-order valence-corrected chi connectivity index (χ1v) is 43.4. The predicted octanol–water partition coefficient (Wildman–Crippen LogP) is 23.0. The highest BCUT2D eigenvalue weighted by atomic mass is 31.2. The molecule has 0 saturated carbocycles. The Kier molecular flexibility index (Phi) is 67.1. The molecule has 0 saturated heterocycles. The van der Waals surface area contributed by atoms with Gasteiger partial charge in [-0.05, 0) is 43.4 Å². The van der Waals surface area contributed by atoms with Crippen molar-refractivity contribution in [2.45, 2.75) is 420 Å². The van der Waals surface area contributed by atoms with Gasteiger partial charge >= 0.3 is 39.5 Å². The molecule has 0 bridgehead atoms. The second-order valence-electron chi connectivity index (χ2n) is 29.3. The van der Waals surface area contributed by atoms with Gasteiger partial charge in [0.25, 0.3) is 0 Å². The van der Waals surface area contributed by atoms with E-state index in [1.165, 1.54) is 205 Å². The third-order valence-corrected chi connectivity index (χ3v) is 20.4. The van der Waals surface area contributed by atoms with Gasteiger partial charge < -0.3 is 33.8 Å². The maximum absolute atomic E-state index is 13.1. The topological polar surface area (TPSA) is 237 Å². The highest BCUT2D eigenvalue weighted by Crippen LogP contribution is 2.45. The molecule has 0 rings (SSSR count). The van der Waals surface area contributed by atoms with Crippen molar-refractivity contribution in [3.8, 4) is 0 Å². The van der Waals surface area contributed by atoms with Crippen LogP contribution in [0.5, 0.6) is 0 Å². The molecule has 17 nitrogen and oxygen atoms in total. The normalized spacial score (nSPS) is 14.3. The van der Waals surface area contributed by atoms with E-state index in [9.17, 15) is 43.2 Å². The second-order valence-corrected chi connectivity index (χ2v) is 32.2. The molecular formula is C78H152O17P2. The molecule has 0 aromatic rings. The van der Waals surface area contributed by atoms with Crippen LogP contribution in [0.25, 0.3) is 0 Å². The maximum Gasteiger partial charge on any atom is 0.472 e. The van der Waals surface area contributed by atoms with Crippen LogP contribution < -0.4 is 0 Å². The molecule has 6 atom stereocenters. The van der Waals surface area contributed by atoms with Gasteiger partial charge in [-0.15, -0.1) is 0 Å². The van der Waals surface area contributed by atoms with E-state index < -0.39 is 97.5 Å². The fourth-order valence-corrected chi connectivity index (χ4v) is 13.5. The number of carbonyl (C=O) groups excluding carboxylic acids is 4. The lowest BCUT2D eigenvalue weighted by Gasteiger charge is -2.21.